The van der Waals surface area contributed by atoms with Crippen molar-refractivity contribution < 1.29 is 9.18 Å². The van der Waals surface area contributed by atoms with Gasteiger partial charge in [0.25, 0.3) is 5.91 Å². The monoisotopic (exact) mass is 256 g/mol. The molecule has 0 aromatic heterocycles. The Hall–Kier alpha value is -1.13. The van der Waals surface area contributed by atoms with Crippen LogP contribution >= 0.6 is 11.6 Å². The lowest BCUT2D eigenvalue weighted by Crippen LogP contribution is -2.52. The summed E-state index contributed by atoms with van der Waals surface area (Å²) >= 11 is 5.68. The highest BCUT2D eigenvalue weighted by Crippen LogP contribution is 2.20. The van der Waals surface area contributed by atoms with E-state index in [-0.39, 0.29) is 22.5 Å². The van der Waals surface area contributed by atoms with Gasteiger partial charge >= 0.3 is 0 Å². The van der Waals surface area contributed by atoms with E-state index in [0.29, 0.717) is 6.54 Å². The minimum Gasteiger partial charge on any atom is -0.333 e. The maximum absolute atomic E-state index is 13.7. The predicted molar refractivity (Wildman–Crippen MR) is 64.8 cm³/mol. The van der Waals surface area contributed by atoms with Gasteiger partial charge in [0.15, 0.2) is 5.82 Å². The van der Waals surface area contributed by atoms with Crippen molar-refractivity contribution in [2.24, 2.45) is 0 Å². The van der Waals surface area contributed by atoms with E-state index in [1.165, 1.54) is 12.1 Å². The summed E-state index contributed by atoms with van der Waals surface area (Å²) in [7, 11) is 0. The van der Waals surface area contributed by atoms with Gasteiger partial charge < -0.3 is 10.2 Å². The number of rotatable bonds is 1. The van der Waals surface area contributed by atoms with Crippen molar-refractivity contribution in [1.29, 1.82) is 0 Å². The van der Waals surface area contributed by atoms with Crippen molar-refractivity contribution in [3.63, 3.8) is 0 Å². The Labute approximate surface area is 105 Å². The standard InChI is InChI=1S/C12H14ClFN2O/c1-8-7-15-5-6-16(8)12(17)9-3-2-4-10(13)11(9)14/h2-4,8,15H,5-7H2,1H3. The number of carbonyl (C=O) groups is 1. The zero-order valence-electron chi connectivity index (χ0n) is 9.54. The van der Waals surface area contributed by atoms with E-state index in [2.05, 4.69) is 5.32 Å². The molecule has 0 aliphatic carbocycles. The molecule has 1 N–H and O–H groups in total. The van der Waals surface area contributed by atoms with Crippen LogP contribution in [-0.4, -0.2) is 36.5 Å². The van der Waals surface area contributed by atoms with Crippen molar-refractivity contribution >= 4 is 17.5 Å². The van der Waals surface area contributed by atoms with Crippen molar-refractivity contribution in [3.8, 4) is 0 Å². The van der Waals surface area contributed by atoms with Crippen LogP contribution < -0.4 is 5.32 Å². The Morgan fingerprint density at radius 2 is 2.35 bits per heavy atom. The zero-order valence-corrected chi connectivity index (χ0v) is 10.3. The summed E-state index contributed by atoms with van der Waals surface area (Å²) < 4.78 is 13.7. The Bertz CT molecular complexity index is 439. The molecule has 17 heavy (non-hydrogen) atoms. The fraction of sp³-hybridized carbons (Fsp3) is 0.417. The van der Waals surface area contributed by atoms with Gasteiger partial charge in [0.2, 0.25) is 0 Å². The molecule has 0 spiro atoms. The molecule has 5 heteroatoms. The first-order valence-electron chi connectivity index (χ1n) is 5.57. The number of nitrogens with zero attached hydrogens (tertiary/aromatic N) is 1. The molecule has 2 rings (SSSR count). The second-order valence-electron chi connectivity index (χ2n) is 4.15. The molecule has 92 valence electrons. The Morgan fingerprint density at radius 1 is 1.59 bits per heavy atom. The van der Waals surface area contributed by atoms with E-state index in [4.69, 9.17) is 11.6 Å². The summed E-state index contributed by atoms with van der Waals surface area (Å²) in [4.78, 5) is 13.9. The van der Waals surface area contributed by atoms with Crippen LogP contribution in [0.15, 0.2) is 18.2 Å². The molecule has 1 aliphatic rings. The largest absolute Gasteiger partial charge is 0.333 e. The summed E-state index contributed by atoms with van der Waals surface area (Å²) in [5.74, 6) is -0.927. The average molecular weight is 257 g/mol. The lowest BCUT2D eigenvalue weighted by molar-refractivity contribution is 0.0651. The third-order valence-corrected chi connectivity index (χ3v) is 3.24. The number of piperazine rings is 1. The molecule has 1 saturated heterocycles. The molecule has 1 atom stereocenters. The minimum absolute atomic E-state index is 0.0152. The second kappa shape index (κ2) is 5.02. The van der Waals surface area contributed by atoms with Gasteiger partial charge in [-0.3, -0.25) is 4.79 Å². The first kappa shape index (κ1) is 12.3. The molecule has 1 aromatic carbocycles. The molecule has 1 amide bonds. The summed E-state index contributed by atoms with van der Waals surface area (Å²) in [6.07, 6.45) is 0. The first-order chi connectivity index (χ1) is 8.11. The fourth-order valence-corrected chi connectivity index (χ4v) is 2.14. The minimum atomic E-state index is -0.634. The van der Waals surface area contributed by atoms with Crippen LogP contribution in [0.2, 0.25) is 5.02 Å². The van der Waals surface area contributed by atoms with E-state index in [1.54, 1.807) is 11.0 Å². The van der Waals surface area contributed by atoms with Crippen LogP contribution in [0.4, 0.5) is 4.39 Å². The zero-order chi connectivity index (χ0) is 12.4. The molecule has 1 aliphatic heterocycles. The van der Waals surface area contributed by atoms with Gasteiger partial charge in [-0.25, -0.2) is 4.39 Å². The lowest BCUT2D eigenvalue weighted by Gasteiger charge is -2.34. The molecule has 0 radical (unpaired) electrons. The van der Waals surface area contributed by atoms with Crippen LogP contribution in [0.3, 0.4) is 0 Å². The second-order valence-corrected chi connectivity index (χ2v) is 4.56. The smallest absolute Gasteiger partial charge is 0.257 e. The molecule has 3 nitrogen and oxygen atoms in total. The van der Waals surface area contributed by atoms with Crippen LogP contribution in [-0.2, 0) is 0 Å². The van der Waals surface area contributed by atoms with E-state index in [0.717, 1.165) is 13.1 Å². The number of hydrogen-bond acceptors (Lipinski definition) is 2. The Balaban J connectivity index is 2.27. The van der Waals surface area contributed by atoms with Crippen molar-refractivity contribution in [1.82, 2.24) is 10.2 Å². The average Bonchev–Trinajstić information content (AvgIpc) is 2.32. The highest BCUT2D eigenvalue weighted by molar-refractivity contribution is 6.31. The van der Waals surface area contributed by atoms with Gasteiger partial charge in [-0.1, -0.05) is 17.7 Å². The van der Waals surface area contributed by atoms with E-state index < -0.39 is 5.82 Å². The number of benzene rings is 1. The van der Waals surface area contributed by atoms with E-state index in [1.807, 2.05) is 6.92 Å². The molecule has 1 unspecified atom stereocenters. The van der Waals surface area contributed by atoms with Gasteiger partial charge in [-0.05, 0) is 19.1 Å². The number of hydrogen-bond donors (Lipinski definition) is 1. The summed E-state index contributed by atoms with van der Waals surface area (Å²) in [6, 6.07) is 4.56. The summed E-state index contributed by atoms with van der Waals surface area (Å²) in [5.41, 5.74) is 0.0475. The molecule has 0 saturated carbocycles. The van der Waals surface area contributed by atoms with Gasteiger partial charge in [0.1, 0.15) is 0 Å². The van der Waals surface area contributed by atoms with Crippen LogP contribution in [0.5, 0.6) is 0 Å². The summed E-state index contributed by atoms with van der Waals surface area (Å²) in [6.45, 7) is 3.99. The van der Waals surface area contributed by atoms with Gasteiger partial charge in [-0.2, -0.15) is 0 Å². The molecule has 1 aromatic rings. The Morgan fingerprint density at radius 3 is 3.06 bits per heavy atom. The summed E-state index contributed by atoms with van der Waals surface area (Å²) in [5, 5.41) is 3.17. The first-order valence-corrected chi connectivity index (χ1v) is 5.94. The van der Waals surface area contributed by atoms with Crippen molar-refractivity contribution in [3.05, 3.63) is 34.6 Å². The van der Waals surface area contributed by atoms with Gasteiger partial charge in [-0.15, -0.1) is 0 Å². The highest BCUT2D eigenvalue weighted by atomic mass is 35.5. The predicted octanol–water partition coefficient (Wildman–Crippen LogP) is 1.91. The lowest BCUT2D eigenvalue weighted by atomic mass is 10.1. The topological polar surface area (TPSA) is 32.3 Å². The number of amides is 1. The van der Waals surface area contributed by atoms with E-state index >= 15 is 0 Å². The number of carbonyl (C=O) groups excluding carboxylic acids is 1. The molecule has 0 bridgehead atoms. The Kier molecular flexibility index (Phi) is 3.64. The third kappa shape index (κ3) is 2.42. The highest BCUT2D eigenvalue weighted by Gasteiger charge is 2.26. The van der Waals surface area contributed by atoms with Crippen molar-refractivity contribution in [2.75, 3.05) is 19.6 Å². The SMILES string of the molecule is CC1CNCCN1C(=O)c1cccc(Cl)c1F. The molecule has 1 fully saturated rings. The number of halogens is 2. The molecule has 1 heterocycles. The van der Waals surface area contributed by atoms with Gasteiger partial charge in [0.05, 0.1) is 10.6 Å². The quantitative estimate of drug-likeness (QED) is 0.833. The molecular formula is C12H14ClFN2O. The maximum Gasteiger partial charge on any atom is 0.257 e. The molecular weight excluding hydrogens is 243 g/mol. The van der Waals surface area contributed by atoms with Crippen molar-refractivity contribution in [2.45, 2.75) is 13.0 Å². The maximum atomic E-state index is 13.7. The number of nitrogens with one attached hydrogen (secondary N) is 1. The van der Waals surface area contributed by atoms with Gasteiger partial charge in [0, 0.05) is 25.7 Å². The fourth-order valence-electron chi connectivity index (χ4n) is 1.97. The normalized spacial score (nSPS) is 20.4. The van der Waals surface area contributed by atoms with E-state index in [9.17, 15) is 9.18 Å². The van der Waals surface area contributed by atoms with Crippen LogP contribution in [0, 0.1) is 5.82 Å². The van der Waals surface area contributed by atoms with Crippen LogP contribution in [0.25, 0.3) is 0 Å². The van der Waals surface area contributed by atoms with Crippen LogP contribution in [0.1, 0.15) is 17.3 Å². The third-order valence-electron chi connectivity index (χ3n) is 2.94.